The minimum absolute atomic E-state index is 0.0150. The van der Waals surface area contributed by atoms with Gasteiger partial charge in [-0.3, -0.25) is 23.7 Å². The van der Waals surface area contributed by atoms with Crippen molar-refractivity contribution < 1.29 is 5.11 Å². The lowest BCUT2D eigenvalue weighted by molar-refractivity contribution is 0.107. The molecule has 6 aromatic rings. The third kappa shape index (κ3) is 8.13. The highest BCUT2D eigenvalue weighted by molar-refractivity contribution is 5.56. The summed E-state index contributed by atoms with van der Waals surface area (Å²) in [6.07, 6.45) is 12.7. The number of piperidine rings is 2. The van der Waals surface area contributed by atoms with E-state index in [1.54, 1.807) is 0 Å². The number of rotatable bonds is 7. The molecule has 0 aromatic carbocycles. The summed E-state index contributed by atoms with van der Waals surface area (Å²) in [5.74, 6) is 2.37. The van der Waals surface area contributed by atoms with E-state index in [1.807, 2.05) is 24.5 Å². The van der Waals surface area contributed by atoms with E-state index in [1.165, 1.54) is 29.1 Å². The molecule has 10 heterocycles. The number of hydrogen-bond acceptors (Lipinski definition) is 11. The van der Waals surface area contributed by atoms with Crippen LogP contribution in [0.15, 0.2) is 79.3 Å². The number of nitrogens with zero attached hydrogens (tertiary/aromatic N) is 10. The standard InChI is InChI=1S/C25H34N6O.C22H28N6/c1-18-7-6-12-26-24(18)19-8-4-9-20(29(19)3)25-21(17-32)31-22(27-25)10-5-11-23(31)30-15-13-28(2)14-16-30;1-16-5-4-10-24-22(16)18-7-2-6-17(25-18)19-15-28-20(26-19)8-3-9-21(28)27-13-11-23-12-14-27/h5-7,10-12,19-20,32H,4,8-9,13-17H2,1-3H3;3-5,8-10,15,17-18,23,25H,2,6-7,11-14H2,1H3. The monoisotopic (exact) mass is 811 g/mol. The van der Waals surface area contributed by atoms with Crippen LogP contribution in [0.25, 0.3) is 11.3 Å². The van der Waals surface area contributed by atoms with Crippen LogP contribution in [0, 0.1) is 13.8 Å². The Morgan fingerprint density at radius 1 is 0.650 bits per heavy atom. The predicted molar refractivity (Wildman–Crippen MR) is 239 cm³/mol. The van der Waals surface area contributed by atoms with Gasteiger partial charge in [0, 0.05) is 70.9 Å². The molecule has 60 heavy (non-hydrogen) atoms. The number of aliphatic hydroxyl groups is 1. The maximum absolute atomic E-state index is 10.5. The van der Waals surface area contributed by atoms with Gasteiger partial charge in [-0.05, 0) is 114 Å². The fourth-order valence-electron chi connectivity index (χ4n) is 10.1. The number of fused-ring (bicyclic) bond motifs is 2. The summed E-state index contributed by atoms with van der Waals surface area (Å²) in [6.45, 7) is 12.5. The molecule has 4 unspecified atom stereocenters. The summed E-state index contributed by atoms with van der Waals surface area (Å²) in [4.78, 5) is 29.1. The summed E-state index contributed by atoms with van der Waals surface area (Å²) < 4.78 is 4.45. The van der Waals surface area contributed by atoms with Crippen molar-refractivity contribution >= 4 is 22.9 Å². The van der Waals surface area contributed by atoms with Crippen LogP contribution in [-0.2, 0) is 6.61 Å². The van der Waals surface area contributed by atoms with Gasteiger partial charge in [-0.2, -0.15) is 0 Å². The predicted octanol–water partition coefficient (Wildman–Crippen LogP) is 6.18. The maximum atomic E-state index is 10.5. The molecule has 0 spiro atoms. The van der Waals surface area contributed by atoms with E-state index in [2.05, 4.69) is 127 Å². The van der Waals surface area contributed by atoms with Gasteiger partial charge in [0.05, 0.1) is 59.2 Å². The second-order valence-corrected chi connectivity index (χ2v) is 17.2. The molecule has 0 bridgehead atoms. The highest BCUT2D eigenvalue weighted by atomic mass is 16.3. The molecule has 3 N–H and O–H groups in total. The number of aryl methyl sites for hydroxylation is 2. The molecule has 4 saturated heterocycles. The Kier molecular flexibility index (Phi) is 12.1. The van der Waals surface area contributed by atoms with Crippen LogP contribution in [0.1, 0.15) is 102 Å². The molecule has 4 aliphatic rings. The summed E-state index contributed by atoms with van der Waals surface area (Å²) in [7, 11) is 4.36. The molecule has 4 atom stereocenters. The number of likely N-dealkylation sites (N-methyl/N-ethyl adjacent to an activating group) is 1. The van der Waals surface area contributed by atoms with E-state index in [-0.39, 0.29) is 24.7 Å². The van der Waals surface area contributed by atoms with Crippen LogP contribution in [0.2, 0.25) is 0 Å². The molecule has 13 heteroatoms. The van der Waals surface area contributed by atoms with Crippen molar-refractivity contribution in [3.8, 4) is 0 Å². The summed E-state index contributed by atoms with van der Waals surface area (Å²) >= 11 is 0. The van der Waals surface area contributed by atoms with E-state index in [4.69, 9.17) is 15.0 Å². The summed E-state index contributed by atoms with van der Waals surface area (Å²) in [6, 6.07) is 22.1. The average molecular weight is 811 g/mol. The van der Waals surface area contributed by atoms with Crippen molar-refractivity contribution in [2.75, 3.05) is 76.3 Å². The first-order valence-electron chi connectivity index (χ1n) is 22.2. The lowest BCUT2D eigenvalue weighted by Gasteiger charge is -2.39. The Hall–Kier alpha value is -4.92. The molecule has 0 amide bonds. The van der Waals surface area contributed by atoms with Gasteiger partial charge in [0.15, 0.2) is 0 Å². The Morgan fingerprint density at radius 2 is 1.28 bits per heavy atom. The molecule has 0 aliphatic carbocycles. The molecule has 0 radical (unpaired) electrons. The molecule has 4 fully saturated rings. The molecular formula is C47H62N12O. The van der Waals surface area contributed by atoms with Crippen molar-refractivity contribution in [2.24, 2.45) is 0 Å². The minimum Gasteiger partial charge on any atom is -0.390 e. The Bertz CT molecular complexity index is 2380. The molecular weight excluding hydrogens is 749 g/mol. The van der Waals surface area contributed by atoms with Crippen molar-refractivity contribution in [1.82, 2.24) is 49.2 Å². The lowest BCUT2D eigenvalue weighted by Crippen LogP contribution is -2.45. The fraction of sp³-hybridized carbons (Fsp3) is 0.489. The summed E-state index contributed by atoms with van der Waals surface area (Å²) in [5, 5.41) is 17.8. The van der Waals surface area contributed by atoms with Gasteiger partial charge in [0.1, 0.15) is 22.9 Å². The van der Waals surface area contributed by atoms with E-state index >= 15 is 0 Å². The Labute approximate surface area is 354 Å². The van der Waals surface area contributed by atoms with E-state index < -0.39 is 0 Å². The van der Waals surface area contributed by atoms with Crippen molar-refractivity contribution in [2.45, 2.75) is 83.1 Å². The second-order valence-electron chi connectivity index (χ2n) is 17.2. The highest BCUT2D eigenvalue weighted by Gasteiger charge is 2.35. The largest absolute Gasteiger partial charge is 0.390 e. The van der Waals surface area contributed by atoms with E-state index in [0.29, 0.717) is 6.04 Å². The van der Waals surface area contributed by atoms with Gasteiger partial charge in [0.2, 0.25) is 0 Å². The SMILES string of the molecule is Cc1cccnc1C1CCCC(c2cn3c(N4CCNCC4)cccc3n2)N1.Cc1cccnc1C1CCCC(c2nc3cccc(N4CCN(C)CC4)n3c2CO)N1C. The number of imidazole rings is 2. The number of anilines is 2. The Morgan fingerprint density at radius 3 is 2.00 bits per heavy atom. The topological polar surface area (TPSA) is 118 Å². The number of piperazine rings is 2. The zero-order valence-corrected chi connectivity index (χ0v) is 35.8. The van der Waals surface area contributed by atoms with Gasteiger partial charge in [-0.25, -0.2) is 9.97 Å². The first kappa shape index (κ1) is 40.5. The van der Waals surface area contributed by atoms with Crippen molar-refractivity contribution in [3.63, 3.8) is 0 Å². The van der Waals surface area contributed by atoms with Crippen molar-refractivity contribution in [1.29, 1.82) is 0 Å². The van der Waals surface area contributed by atoms with E-state index in [9.17, 15) is 5.11 Å². The van der Waals surface area contributed by atoms with Crippen LogP contribution in [-0.4, -0.2) is 110 Å². The zero-order valence-electron chi connectivity index (χ0n) is 35.8. The number of likely N-dealkylation sites (tertiary alicyclic amines) is 1. The number of pyridine rings is 4. The smallest absolute Gasteiger partial charge is 0.138 e. The van der Waals surface area contributed by atoms with Crippen LogP contribution < -0.4 is 20.4 Å². The zero-order chi connectivity index (χ0) is 41.2. The molecule has 10 rings (SSSR count). The quantitative estimate of drug-likeness (QED) is 0.172. The van der Waals surface area contributed by atoms with Gasteiger partial charge < -0.3 is 30.4 Å². The number of aromatic nitrogens is 6. The first-order valence-corrected chi connectivity index (χ1v) is 22.2. The van der Waals surface area contributed by atoms with Crippen LogP contribution >= 0.6 is 0 Å². The van der Waals surface area contributed by atoms with Gasteiger partial charge in [0.25, 0.3) is 0 Å². The number of aliphatic hydroxyl groups excluding tert-OH is 1. The minimum atomic E-state index is -0.0150. The second kappa shape index (κ2) is 18.0. The molecule has 6 aromatic heterocycles. The maximum Gasteiger partial charge on any atom is 0.138 e. The highest BCUT2D eigenvalue weighted by Crippen LogP contribution is 2.42. The van der Waals surface area contributed by atoms with Crippen LogP contribution in [0.4, 0.5) is 11.6 Å². The molecule has 4 aliphatic heterocycles. The van der Waals surface area contributed by atoms with E-state index in [0.717, 1.165) is 124 Å². The fourth-order valence-corrected chi connectivity index (χ4v) is 10.1. The summed E-state index contributed by atoms with van der Waals surface area (Å²) in [5.41, 5.74) is 9.86. The van der Waals surface area contributed by atoms with Gasteiger partial charge in [-0.15, -0.1) is 0 Å². The van der Waals surface area contributed by atoms with Gasteiger partial charge >= 0.3 is 0 Å². The normalized spacial score (nSPS) is 23.2. The first-order chi connectivity index (χ1) is 29.4. The third-order valence-corrected chi connectivity index (χ3v) is 13.4. The molecule has 316 valence electrons. The van der Waals surface area contributed by atoms with Gasteiger partial charge in [-0.1, -0.05) is 24.3 Å². The Balaban J connectivity index is 0.000000155. The van der Waals surface area contributed by atoms with Crippen LogP contribution in [0.5, 0.6) is 0 Å². The number of hydrogen-bond donors (Lipinski definition) is 3. The third-order valence-electron chi connectivity index (χ3n) is 13.4. The van der Waals surface area contributed by atoms with Crippen LogP contribution in [0.3, 0.4) is 0 Å². The lowest BCUT2D eigenvalue weighted by atomic mass is 9.90. The molecule has 13 nitrogen and oxygen atoms in total. The molecule has 0 saturated carbocycles. The number of nitrogens with one attached hydrogen (secondary N) is 2. The average Bonchev–Trinajstić information content (AvgIpc) is 3.90. The van der Waals surface area contributed by atoms with Crippen molar-refractivity contribution in [3.05, 3.63) is 119 Å².